The number of aliphatic imine (C=N–C) groups is 1. The SMILES string of the molecule is CN(C)c1ccc(CN(C2CCN(C(=O)c3ccc(N=C(N)N)cc3)C2)S(=O)(=O)/C=C/c2ccc(Cl)cc2)cc1. The van der Waals surface area contributed by atoms with E-state index in [4.69, 9.17) is 23.1 Å². The molecule has 1 heterocycles. The number of amides is 1. The Bertz CT molecular complexity index is 1480. The Balaban J connectivity index is 1.56. The molecule has 1 aliphatic heterocycles. The van der Waals surface area contributed by atoms with Crippen LogP contribution in [0, 0.1) is 0 Å². The van der Waals surface area contributed by atoms with Gasteiger partial charge in [-0.2, -0.15) is 4.31 Å². The van der Waals surface area contributed by atoms with Crippen molar-refractivity contribution in [1.82, 2.24) is 9.21 Å². The van der Waals surface area contributed by atoms with E-state index in [1.54, 1.807) is 59.5 Å². The lowest BCUT2D eigenvalue weighted by Crippen LogP contribution is -2.41. The zero-order valence-corrected chi connectivity index (χ0v) is 24.0. The van der Waals surface area contributed by atoms with Crippen molar-refractivity contribution in [2.45, 2.75) is 19.0 Å². The Labute approximate surface area is 240 Å². The van der Waals surface area contributed by atoms with Gasteiger partial charge in [-0.15, -0.1) is 0 Å². The largest absolute Gasteiger partial charge is 0.378 e. The van der Waals surface area contributed by atoms with Gasteiger partial charge in [-0.1, -0.05) is 35.9 Å². The predicted molar refractivity (Wildman–Crippen MR) is 162 cm³/mol. The molecule has 1 unspecified atom stereocenters. The third-order valence-corrected chi connectivity index (χ3v) is 8.46. The quantitative estimate of drug-likeness (QED) is 0.291. The molecule has 0 aromatic heterocycles. The molecule has 9 nitrogen and oxygen atoms in total. The lowest BCUT2D eigenvalue weighted by Gasteiger charge is -2.27. The lowest BCUT2D eigenvalue weighted by molar-refractivity contribution is 0.0784. The van der Waals surface area contributed by atoms with Gasteiger partial charge in [-0.3, -0.25) is 4.79 Å². The minimum Gasteiger partial charge on any atom is -0.378 e. The van der Waals surface area contributed by atoms with E-state index in [2.05, 4.69) is 4.99 Å². The van der Waals surface area contributed by atoms with Crippen LogP contribution in [0.25, 0.3) is 6.08 Å². The number of nitrogens with zero attached hydrogens (tertiary/aromatic N) is 4. The number of halogens is 1. The fourth-order valence-corrected chi connectivity index (χ4v) is 6.02. The van der Waals surface area contributed by atoms with Gasteiger partial charge in [0.25, 0.3) is 5.91 Å². The second-order valence-corrected chi connectivity index (χ2v) is 12.0. The molecule has 4 rings (SSSR count). The van der Waals surface area contributed by atoms with Crippen LogP contribution in [0.15, 0.2) is 83.2 Å². The molecule has 4 N–H and O–H groups in total. The number of hydrogen-bond donors (Lipinski definition) is 2. The van der Waals surface area contributed by atoms with Crippen LogP contribution >= 0.6 is 11.6 Å². The van der Waals surface area contributed by atoms with Crippen LogP contribution in [0.4, 0.5) is 11.4 Å². The van der Waals surface area contributed by atoms with Crippen molar-refractivity contribution in [3.8, 4) is 0 Å². The van der Waals surface area contributed by atoms with Gasteiger partial charge in [-0.25, -0.2) is 13.4 Å². The van der Waals surface area contributed by atoms with E-state index >= 15 is 0 Å². The van der Waals surface area contributed by atoms with Crippen molar-refractivity contribution in [1.29, 1.82) is 0 Å². The molecule has 1 amide bonds. The van der Waals surface area contributed by atoms with Crippen molar-refractivity contribution in [3.63, 3.8) is 0 Å². The monoisotopic (exact) mass is 580 g/mol. The average molecular weight is 581 g/mol. The summed E-state index contributed by atoms with van der Waals surface area (Å²) in [6.07, 6.45) is 2.07. The second kappa shape index (κ2) is 12.5. The fraction of sp³-hybridized carbons (Fsp3) is 0.241. The van der Waals surface area contributed by atoms with Crippen molar-refractivity contribution in [3.05, 3.63) is 99.9 Å². The zero-order valence-electron chi connectivity index (χ0n) is 22.4. The van der Waals surface area contributed by atoms with Crippen LogP contribution in [0.3, 0.4) is 0 Å². The Hall–Kier alpha value is -3.86. The van der Waals surface area contributed by atoms with Gasteiger partial charge in [0.15, 0.2) is 5.96 Å². The molecule has 210 valence electrons. The van der Waals surface area contributed by atoms with E-state index in [0.717, 1.165) is 16.8 Å². The van der Waals surface area contributed by atoms with Crippen LogP contribution in [0.5, 0.6) is 0 Å². The van der Waals surface area contributed by atoms with E-state index in [1.165, 1.54) is 9.71 Å². The Morgan fingerprint density at radius 1 is 1.02 bits per heavy atom. The number of carbonyl (C=O) groups is 1. The van der Waals surface area contributed by atoms with Gasteiger partial charge < -0.3 is 21.3 Å². The number of hydrogen-bond acceptors (Lipinski definition) is 5. The standard InChI is InChI=1S/C29H33ClN6O3S/c1-34(2)26-13-5-22(6-14-26)19-36(40(38,39)18-16-21-3-9-24(30)10-4-21)27-15-17-35(20-27)28(37)23-7-11-25(12-8-23)33-29(31)32/h3-14,16,18,27H,15,17,19-20H2,1-2H3,(H4,31,32,33)/b18-16+. The summed E-state index contributed by atoms with van der Waals surface area (Å²) in [5.41, 5.74) is 14.5. The van der Waals surface area contributed by atoms with E-state index in [9.17, 15) is 13.2 Å². The van der Waals surface area contributed by atoms with Crippen LogP contribution < -0.4 is 16.4 Å². The number of guanidine groups is 1. The van der Waals surface area contributed by atoms with Crippen LogP contribution in [-0.4, -0.2) is 62.7 Å². The first-order valence-electron chi connectivity index (χ1n) is 12.7. The summed E-state index contributed by atoms with van der Waals surface area (Å²) in [6.45, 7) is 0.894. The predicted octanol–water partition coefficient (Wildman–Crippen LogP) is 4.03. The molecular formula is C29H33ClN6O3S. The van der Waals surface area contributed by atoms with Gasteiger partial charge >= 0.3 is 0 Å². The average Bonchev–Trinajstić information content (AvgIpc) is 3.41. The van der Waals surface area contributed by atoms with Gasteiger partial charge in [0.1, 0.15) is 0 Å². The van der Waals surface area contributed by atoms with E-state index < -0.39 is 16.1 Å². The highest BCUT2D eigenvalue weighted by Gasteiger charge is 2.36. The summed E-state index contributed by atoms with van der Waals surface area (Å²) >= 11 is 5.97. The van der Waals surface area contributed by atoms with Gasteiger partial charge in [0, 0.05) is 61.5 Å². The summed E-state index contributed by atoms with van der Waals surface area (Å²) in [5.74, 6) is -0.243. The third-order valence-electron chi connectivity index (χ3n) is 6.65. The fourth-order valence-electron chi connectivity index (χ4n) is 4.49. The zero-order chi connectivity index (χ0) is 28.9. The summed E-state index contributed by atoms with van der Waals surface area (Å²) in [7, 11) is 0.0639. The normalized spacial score (nSPS) is 15.5. The van der Waals surface area contributed by atoms with E-state index in [1.807, 2.05) is 43.3 Å². The highest BCUT2D eigenvalue weighted by Crippen LogP contribution is 2.26. The molecular weight excluding hydrogens is 548 g/mol. The minimum absolute atomic E-state index is 0.0655. The Kier molecular flexibility index (Phi) is 9.14. The van der Waals surface area contributed by atoms with Crippen molar-refractivity contribution in [2.24, 2.45) is 16.5 Å². The number of nitrogens with two attached hydrogens (primary N) is 2. The molecule has 0 saturated carbocycles. The number of likely N-dealkylation sites (tertiary alicyclic amines) is 1. The van der Waals surface area contributed by atoms with Crippen molar-refractivity contribution < 1.29 is 13.2 Å². The first-order chi connectivity index (χ1) is 19.0. The maximum absolute atomic E-state index is 13.7. The van der Waals surface area contributed by atoms with Gasteiger partial charge in [0.2, 0.25) is 10.0 Å². The van der Waals surface area contributed by atoms with Gasteiger partial charge in [-0.05, 0) is 72.2 Å². The summed E-state index contributed by atoms with van der Waals surface area (Å²) < 4.78 is 28.8. The third kappa shape index (κ3) is 7.41. The number of anilines is 1. The highest BCUT2D eigenvalue weighted by molar-refractivity contribution is 7.92. The molecule has 0 radical (unpaired) electrons. The van der Waals surface area contributed by atoms with Gasteiger partial charge in [0.05, 0.1) is 5.69 Å². The molecule has 1 aliphatic rings. The summed E-state index contributed by atoms with van der Waals surface area (Å²) in [4.78, 5) is 20.9. The number of carbonyl (C=O) groups excluding carboxylic acids is 1. The van der Waals surface area contributed by atoms with Crippen molar-refractivity contribution in [2.75, 3.05) is 32.1 Å². The molecule has 0 spiro atoms. The maximum atomic E-state index is 13.7. The number of sulfonamides is 1. The molecule has 1 atom stereocenters. The molecule has 3 aromatic rings. The second-order valence-electron chi connectivity index (χ2n) is 9.78. The number of benzene rings is 3. The number of rotatable bonds is 9. The lowest BCUT2D eigenvalue weighted by atomic mass is 10.1. The van der Waals surface area contributed by atoms with Crippen LogP contribution in [-0.2, 0) is 16.6 Å². The Morgan fingerprint density at radius 3 is 2.27 bits per heavy atom. The molecule has 1 saturated heterocycles. The Morgan fingerprint density at radius 2 is 1.68 bits per heavy atom. The van der Waals surface area contributed by atoms with Crippen LogP contribution in [0.2, 0.25) is 5.02 Å². The molecule has 3 aromatic carbocycles. The molecule has 11 heteroatoms. The van der Waals surface area contributed by atoms with E-state index in [0.29, 0.717) is 29.2 Å². The molecule has 40 heavy (non-hydrogen) atoms. The maximum Gasteiger partial charge on any atom is 0.253 e. The van der Waals surface area contributed by atoms with Crippen LogP contribution in [0.1, 0.15) is 27.9 Å². The highest BCUT2D eigenvalue weighted by atomic mass is 35.5. The first kappa shape index (κ1) is 29.1. The molecule has 0 bridgehead atoms. The first-order valence-corrected chi connectivity index (χ1v) is 14.6. The smallest absolute Gasteiger partial charge is 0.253 e. The van der Waals surface area contributed by atoms with Crippen molar-refractivity contribution >= 4 is 50.9 Å². The molecule has 1 fully saturated rings. The molecule has 0 aliphatic carbocycles. The topological polar surface area (TPSA) is 125 Å². The summed E-state index contributed by atoms with van der Waals surface area (Å²) in [6, 6.07) is 21.0. The van der Waals surface area contributed by atoms with E-state index in [-0.39, 0.29) is 25.0 Å². The summed E-state index contributed by atoms with van der Waals surface area (Å²) in [5, 5.41) is 1.79. The minimum atomic E-state index is -3.84.